The maximum absolute atomic E-state index is 8.86. The predicted octanol–water partition coefficient (Wildman–Crippen LogP) is 10.5. The molecule has 2 heterocycles. The molecule has 0 atom stereocenters. The zero-order valence-electron chi connectivity index (χ0n) is 27.2. The summed E-state index contributed by atoms with van der Waals surface area (Å²) >= 11 is 0. The van der Waals surface area contributed by atoms with Crippen molar-refractivity contribution in [2.24, 2.45) is 0 Å². The lowest BCUT2D eigenvalue weighted by molar-refractivity contribution is 0.487. The first-order valence-electron chi connectivity index (χ1n) is 16.2. The van der Waals surface area contributed by atoms with Crippen LogP contribution in [0.3, 0.4) is 0 Å². The molecule has 1 aliphatic heterocycles. The van der Waals surface area contributed by atoms with Crippen LogP contribution in [0.4, 0.5) is 0 Å². The largest absolute Gasteiger partial charge is 0.456 e. The molecule has 0 bridgehead atoms. The number of rotatable bonds is 2. The Bertz CT molecular complexity index is 2620. The van der Waals surface area contributed by atoms with Crippen molar-refractivity contribution < 1.29 is 13.0 Å². The van der Waals surface area contributed by atoms with E-state index in [2.05, 4.69) is 71.3 Å². The fraction of sp³-hybridized carbons (Fsp3) is 0. The number of fused-ring (bicyclic) bond motifs is 7. The molecule has 0 aliphatic carbocycles. The van der Waals surface area contributed by atoms with Crippen LogP contribution in [0.15, 0.2) is 139 Å². The number of para-hydroxylation sites is 1. The molecular formula is C38H23NO. The lowest BCUT2D eigenvalue weighted by Gasteiger charge is -2.22. The molecule has 7 aromatic carbocycles. The van der Waals surface area contributed by atoms with Gasteiger partial charge in [0, 0.05) is 32.8 Å². The van der Waals surface area contributed by atoms with Crippen LogP contribution in [0.1, 0.15) is 8.22 Å². The van der Waals surface area contributed by atoms with Gasteiger partial charge in [0.25, 0.3) is 0 Å². The van der Waals surface area contributed by atoms with Gasteiger partial charge < -0.3 is 9.30 Å². The van der Waals surface area contributed by atoms with E-state index in [1.807, 2.05) is 30.3 Å². The minimum atomic E-state index is -0.366. The van der Waals surface area contributed by atoms with E-state index < -0.39 is 0 Å². The molecule has 0 saturated carbocycles. The van der Waals surface area contributed by atoms with Gasteiger partial charge in [0.15, 0.2) is 0 Å². The van der Waals surface area contributed by atoms with E-state index in [0.29, 0.717) is 16.9 Å². The van der Waals surface area contributed by atoms with Gasteiger partial charge in [0.1, 0.15) is 11.5 Å². The van der Waals surface area contributed by atoms with Crippen molar-refractivity contribution >= 4 is 43.4 Å². The number of nitrogens with zero attached hydrogens (tertiary/aromatic N) is 1. The highest BCUT2D eigenvalue weighted by molar-refractivity contribution is 6.19. The molecule has 1 aliphatic rings. The normalized spacial score (nSPS) is 14.3. The molecule has 2 nitrogen and oxygen atoms in total. The molecule has 2 heteroatoms. The summed E-state index contributed by atoms with van der Waals surface area (Å²) in [5, 5.41) is 4.89. The second-order valence-corrected chi connectivity index (χ2v) is 10.1. The molecule has 9 rings (SSSR count). The van der Waals surface area contributed by atoms with Gasteiger partial charge in [-0.3, -0.25) is 0 Å². The van der Waals surface area contributed by atoms with Gasteiger partial charge in [-0.2, -0.15) is 0 Å². The summed E-state index contributed by atoms with van der Waals surface area (Å²) in [6, 6.07) is 33.4. The van der Waals surface area contributed by atoms with Crippen molar-refractivity contribution in [3.8, 4) is 39.4 Å². The minimum Gasteiger partial charge on any atom is -0.456 e. The number of benzene rings is 7. The average molecular weight is 516 g/mol. The van der Waals surface area contributed by atoms with Crippen LogP contribution in [-0.4, -0.2) is 4.57 Å². The Morgan fingerprint density at radius 1 is 0.550 bits per heavy atom. The van der Waals surface area contributed by atoms with E-state index in [4.69, 9.17) is 13.0 Å². The van der Waals surface area contributed by atoms with Gasteiger partial charge >= 0.3 is 0 Å². The topological polar surface area (TPSA) is 14.2 Å². The molecule has 0 fully saturated rings. The summed E-state index contributed by atoms with van der Waals surface area (Å²) in [4.78, 5) is 0. The summed E-state index contributed by atoms with van der Waals surface area (Å²) in [6.45, 7) is 0. The maximum atomic E-state index is 8.86. The SMILES string of the molecule is [2H]c1c([2H])c2c3c(c([2H])c([2H])c([2H])c3c1[2H])-c1cc(-c3ccc4c(c3)c3ccc5ccccc5c3n4-c3ccccc3)ccc1O2. The summed E-state index contributed by atoms with van der Waals surface area (Å²) in [5.41, 5.74) is 6.03. The van der Waals surface area contributed by atoms with Crippen LogP contribution in [0.5, 0.6) is 11.5 Å². The van der Waals surface area contributed by atoms with Crippen LogP contribution >= 0.6 is 0 Å². The Balaban J connectivity index is 1.31. The first-order chi connectivity index (χ1) is 22.3. The van der Waals surface area contributed by atoms with Gasteiger partial charge in [-0.1, -0.05) is 96.9 Å². The molecule has 0 amide bonds. The summed E-state index contributed by atoms with van der Waals surface area (Å²) in [7, 11) is 0. The number of ether oxygens (including phenoxy) is 1. The van der Waals surface area contributed by atoms with Crippen LogP contribution in [0.2, 0.25) is 0 Å². The van der Waals surface area contributed by atoms with E-state index in [9.17, 15) is 0 Å². The molecule has 186 valence electrons. The maximum Gasteiger partial charge on any atom is 0.135 e. The minimum absolute atomic E-state index is 0.0515. The Morgan fingerprint density at radius 2 is 1.35 bits per heavy atom. The first-order valence-corrected chi connectivity index (χ1v) is 13.2. The quantitative estimate of drug-likeness (QED) is 0.223. The highest BCUT2D eigenvalue weighted by Crippen LogP contribution is 2.48. The van der Waals surface area contributed by atoms with Crippen molar-refractivity contribution in [3.05, 3.63) is 139 Å². The van der Waals surface area contributed by atoms with Crippen molar-refractivity contribution in [2.75, 3.05) is 0 Å². The summed E-state index contributed by atoms with van der Waals surface area (Å²) in [5.74, 6) is 0.456. The van der Waals surface area contributed by atoms with Crippen LogP contribution in [-0.2, 0) is 0 Å². The Hall–Kier alpha value is -5.34. The molecule has 0 saturated heterocycles. The van der Waals surface area contributed by atoms with Crippen molar-refractivity contribution in [1.29, 1.82) is 0 Å². The second kappa shape index (κ2) is 8.08. The average Bonchev–Trinajstić information content (AvgIpc) is 3.43. The monoisotopic (exact) mass is 515 g/mol. The summed E-state index contributed by atoms with van der Waals surface area (Å²) < 4.78 is 59.7. The number of aromatic nitrogens is 1. The Kier molecular flexibility index (Phi) is 3.35. The summed E-state index contributed by atoms with van der Waals surface area (Å²) in [6.07, 6.45) is 0. The van der Waals surface area contributed by atoms with Crippen molar-refractivity contribution in [2.45, 2.75) is 0 Å². The van der Waals surface area contributed by atoms with Gasteiger partial charge in [-0.05, 0) is 69.9 Å². The van der Waals surface area contributed by atoms with Crippen molar-refractivity contribution in [3.63, 3.8) is 0 Å². The lowest BCUT2D eigenvalue weighted by Crippen LogP contribution is -1.97. The Morgan fingerprint density at radius 3 is 2.27 bits per heavy atom. The van der Waals surface area contributed by atoms with Crippen LogP contribution in [0.25, 0.3) is 71.3 Å². The molecule has 40 heavy (non-hydrogen) atoms. The van der Waals surface area contributed by atoms with Gasteiger partial charge in [-0.15, -0.1) is 0 Å². The molecule has 0 unspecified atom stereocenters. The van der Waals surface area contributed by atoms with Crippen LogP contribution < -0.4 is 4.74 Å². The third-order valence-corrected chi connectivity index (χ3v) is 7.93. The molecule has 8 aromatic rings. The zero-order valence-corrected chi connectivity index (χ0v) is 21.2. The molecular weight excluding hydrogens is 486 g/mol. The van der Waals surface area contributed by atoms with E-state index in [0.717, 1.165) is 38.6 Å². The van der Waals surface area contributed by atoms with Crippen molar-refractivity contribution in [1.82, 2.24) is 4.57 Å². The fourth-order valence-electron chi connectivity index (χ4n) is 6.13. The second-order valence-electron chi connectivity index (χ2n) is 10.1. The molecule has 0 radical (unpaired) electrons. The van der Waals surface area contributed by atoms with Gasteiger partial charge in [0.05, 0.1) is 19.3 Å². The lowest BCUT2D eigenvalue weighted by atomic mass is 9.92. The van der Waals surface area contributed by atoms with E-state index in [1.54, 1.807) is 6.07 Å². The third-order valence-electron chi connectivity index (χ3n) is 7.93. The third kappa shape index (κ3) is 2.99. The van der Waals surface area contributed by atoms with E-state index in [-0.39, 0.29) is 52.8 Å². The number of hydrogen-bond acceptors (Lipinski definition) is 1. The Labute approximate surface area is 239 Å². The van der Waals surface area contributed by atoms with Gasteiger partial charge in [-0.25, -0.2) is 0 Å². The fourth-order valence-corrected chi connectivity index (χ4v) is 6.13. The van der Waals surface area contributed by atoms with Gasteiger partial charge in [0.2, 0.25) is 0 Å². The van der Waals surface area contributed by atoms with Crippen LogP contribution in [0, 0.1) is 0 Å². The van der Waals surface area contributed by atoms with E-state index in [1.165, 1.54) is 10.8 Å². The van der Waals surface area contributed by atoms with E-state index >= 15 is 0 Å². The molecule has 0 spiro atoms. The molecule has 0 N–H and O–H groups in total. The predicted molar refractivity (Wildman–Crippen MR) is 167 cm³/mol. The highest BCUT2D eigenvalue weighted by Gasteiger charge is 2.21. The standard InChI is InChI=1S/C38H23NO/c1-2-11-28(12-3-1)39-34-20-17-26(22-32(34)31-19-16-24-8-4-5-13-29(24)38(31)39)27-18-21-35-33(23-27)30-14-6-9-25-10-7-15-36(40-35)37(25)30/h1-23H/i6D,7D,9D,10D,14D,15D. The number of hydrogen-bond donors (Lipinski definition) is 0. The highest BCUT2D eigenvalue weighted by atomic mass is 16.5. The zero-order chi connectivity index (χ0) is 31.4. The first kappa shape index (κ1) is 16.6. The smallest absolute Gasteiger partial charge is 0.135 e. The molecule has 1 aromatic heterocycles.